The van der Waals surface area contributed by atoms with Gasteiger partial charge in [-0.2, -0.15) is 0 Å². The van der Waals surface area contributed by atoms with E-state index in [2.05, 4.69) is 4.98 Å². The van der Waals surface area contributed by atoms with E-state index in [1.165, 1.54) is 0 Å². The highest BCUT2D eigenvalue weighted by molar-refractivity contribution is 8.23. The first-order valence-electron chi connectivity index (χ1n) is 6.79. The number of H-pyrrole nitrogens is 1. The van der Waals surface area contributed by atoms with Crippen LogP contribution in [0.2, 0.25) is 0 Å². The number of rotatable bonds is 3. The summed E-state index contributed by atoms with van der Waals surface area (Å²) in [4.78, 5) is 27.7. The predicted molar refractivity (Wildman–Crippen MR) is 95.8 cm³/mol. The Hall–Kier alpha value is -0.770. The van der Waals surface area contributed by atoms with Crippen LogP contribution < -0.4 is 11.2 Å². The molecule has 0 saturated carbocycles. The third-order valence-electron chi connectivity index (χ3n) is 3.43. The van der Waals surface area contributed by atoms with E-state index < -0.39 is 5.69 Å². The minimum absolute atomic E-state index is 0.00651. The molecule has 0 bridgehead atoms. The van der Waals surface area contributed by atoms with Crippen LogP contribution in [0.25, 0.3) is 0 Å². The van der Waals surface area contributed by atoms with E-state index >= 15 is 0 Å². The van der Waals surface area contributed by atoms with E-state index in [-0.39, 0.29) is 28.0 Å². The fourth-order valence-electron chi connectivity index (χ4n) is 2.19. The molecule has 0 spiro atoms. The van der Waals surface area contributed by atoms with E-state index in [0.717, 1.165) is 4.32 Å². The molecule has 3 atom stereocenters. The van der Waals surface area contributed by atoms with Gasteiger partial charge in [0.05, 0.1) is 12.0 Å². The van der Waals surface area contributed by atoms with E-state index in [9.17, 15) is 14.7 Å². The van der Waals surface area contributed by atoms with Crippen molar-refractivity contribution in [2.24, 2.45) is 0 Å². The van der Waals surface area contributed by atoms with Gasteiger partial charge in [-0.05, 0) is 13.3 Å². The number of thiocarbonyl (C=S) groups is 1. The summed E-state index contributed by atoms with van der Waals surface area (Å²) in [7, 11) is 3.78. The summed E-state index contributed by atoms with van der Waals surface area (Å²) >= 11 is 8.41. The van der Waals surface area contributed by atoms with Gasteiger partial charge in [-0.1, -0.05) is 24.0 Å². The van der Waals surface area contributed by atoms with Crippen LogP contribution >= 0.6 is 35.7 Å². The van der Waals surface area contributed by atoms with Crippen LogP contribution in [-0.4, -0.2) is 55.1 Å². The Morgan fingerprint density at radius 3 is 2.86 bits per heavy atom. The number of hydrogen-bond acceptors (Lipinski definition) is 6. The van der Waals surface area contributed by atoms with E-state index in [1.54, 1.807) is 41.2 Å². The molecular weight excluding hydrogens is 342 g/mol. The zero-order valence-electron chi connectivity index (χ0n) is 12.6. The molecule has 6 nitrogen and oxygen atoms in total. The summed E-state index contributed by atoms with van der Waals surface area (Å²) in [5.41, 5.74) is -0.269. The molecule has 0 amide bonds. The number of aromatic nitrogens is 2. The molecular formula is C13H19N3O3S3. The van der Waals surface area contributed by atoms with E-state index in [1.807, 2.05) is 19.0 Å². The van der Waals surface area contributed by atoms with Gasteiger partial charge in [-0.25, -0.2) is 4.79 Å². The molecule has 9 heteroatoms. The predicted octanol–water partition coefficient (Wildman–Crippen LogP) is 0.790. The molecule has 1 fully saturated rings. The van der Waals surface area contributed by atoms with Crippen LogP contribution in [0, 0.1) is 6.92 Å². The molecule has 2 heterocycles. The highest BCUT2D eigenvalue weighted by Gasteiger charge is 2.37. The number of aryl methyl sites for hydroxylation is 1. The Bertz CT molecular complexity index is 670. The SMILES string of the molecule is Cc1cn(C2CC(SC(=S)N(C)C)C(CO)S2)c(=O)[nH]c1=O. The largest absolute Gasteiger partial charge is 0.395 e. The quantitative estimate of drug-likeness (QED) is 0.771. The number of thioether (sulfide) groups is 2. The number of nitrogens with zero attached hydrogens (tertiary/aromatic N) is 2. The summed E-state index contributed by atoms with van der Waals surface area (Å²) in [6.45, 7) is 1.71. The van der Waals surface area contributed by atoms with Crippen LogP contribution in [0.3, 0.4) is 0 Å². The third kappa shape index (κ3) is 3.76. The lowest BCUT2D eigenvalue weighted by Gasteiger charge is -2.19. The summed E-state index contributed by atoms with van der Waals surface area (Å²) in [6, 6.07) is 0. The van der Waals surface area contributed by atoms with Gasteiger partial charge in [0.15, 0.2) is 0 Å². The van der Waals surface area contributed by atoms with Gasteiger partial charge in [-0.15, -0.1) is 11.8 Å². The second-order valence-electron chi connectivity index (χ2n) is 5.34. The number of aliphatic hydroxyl groups excluding tert-OH is 1. The van der Waals surface area contributed by atoms with Crippen LogP contribution in [0.5, 0.6) is 0 Å². The van der Waals surface area contributed by atoms with Crippen LogP contribution in [0.15, 0.2) is 15.8 Å². The molecule has 2 N–H and O–H groups in total. The van der Waals surface area contributed by atoms with Crippen molar-refractivity contribution in [3.63, 3.8) is 0 Å². The highest BCUT2D eigenvalue weighted by Crippen LogP contribution is 2.46. The molecule has 122 valence electrons. The van der Waals surface area contributed by atoms with Crippen molar-refractivity contribution >= 4 is 40.1 Å². The highest BCUT2D eigenvalue weighted by atomic mass is 32.2. The molecule has 0 aliphatic carbocycles. The first-order valence-corrected chi connectivity index (χ1v) is 9.03. The van der Waals surface area contributed by atoms with E-state index in [0.29, 0.717) is 12.0 Å². The zero-order chi connectivity index (χ0) is 16.4. The molecule has 3 unspecified atom stereocenters. The first-order chi connectivity index (χ1) is 10.3. The lowest BCUT2D eigenvalue weighted by Crippen LogP contribution is -2.32. The summed E-state index contributed by atoms with van der Waals surface area (Å²) in [5, 5.41) is 9.62. The summed E-state index contributed by atoms with van der Waals surface area (Å²) < 4.78 is 2.30. The van der Waals surface area contributed by atoms with Crippen molar-refractivity contribution < 1.29 is 5.11 Å². The first kappa shape index (κ1) is 17.6. The molecule has 0 radical (unpaired) electrons. The molecule has 1 saturated heterocycles. The average molecular weight is 362 g/mol. The maximum Gasteiger partial charge on any atom is 0.329 e. The fourth-order valence-corrected chi connectivity index (χ4v) is 5.41. The van der Waals surface area contributed by atoms with Crippen molar-refractivity contribution in [3.8, 4) is 0 Å². The van der Waals surface area contributed by atoms with Crippen molar-refractivity contribution in [3.05, 3.63) is 32.6 Å². The lowest BCUT2D eigenvalue weighted by molar-refractivity contribution is 0.294. The van der Waals surface area contributed by atoms with Crippen molar-refractivity contribution in [1.82, 2.24) is 14.5 Å². The second-order valence-corrected chi connectivity index (χ2v) is 8.64. The monoisotopic (exact) mass is 361 g/mol. The van der Waals surface area contributed by atoms with Gasteiger partial charge in [0.1, 0.15) is 4.32 Å². The Morgan fingerprint density at radius 1 is 1.59 bits per heavy atom. The molecule has 0 aromatic carbocycles. The second kappa shape index (κ2) is 7.20. The molecule has 1 aliphatic heterocycles. The van der Waals surface area contributed by atoms with E-state index in [4.69, 9.17) is 12.2 Å². The van der Waals surface area contributed by atoms with Gasteiger partial charge in [0.25, 0.3) is 5.56 Å². The lowest BCUT2D eigenvalue weighted by atomic mass is 10.2. The third-order valence-corrected chi connectivity index (χ3v) is 7.21. The normalized spacial score (nSPS) is 24.5. The van der Waals surface area contributed by atoms with Crippen molar-refractivity contribution in [2.45, 2.75) is 29.2 Å². The van der Waals surface area contributed by atoms with Gasteiger partial charge < -0.3 is 10.0 Å². The fraction of sp³-hybridized carbons (Fsp3) is 0.615. The van der Waals surface area contributed by atoms with Gasteiger partial charge in [-0.3, -0.25) is 14.3 Å². The number of nitrogens with one attached hydrogen (secondary N) is 1. The van der Waals surface area contributed by atoms with Crippen LogP contribution in [0.1, 0.15) is 17.4 Å². The average Bonchev–Trinajstić information content (AvgIpc) is 2.85. The minimum Gasteiger partial charge on any atom is -0.395 e. The molecule has 2 rings (SSSR count). The van der Waals surface area contributed by atoms with Crippen LogP contribution in [-0.2, 0) is 0 Å². The van der Waals surface area contributed by atoms with Crippen molar-refractivity contribution in [1.29, 1.82) is 0 Å². The Balaban J connectivity index is 2.22. The minimum atomic E-state index is -0.411. The van der Waals surface area contributed by atoms with Crippen molar-refractivity contribution in [2.75, 3.05) is 20.7 Å². The maximum absolute atomic E-state index is 12.0. The molecule has 1 aliphatic rings. The smallest absolute Gasteiger partial charge is 0.329 e. The van der Waals surface area contributed by atoms with Crippen LogP contribution in [0.4, 0.5) is 0 Å². The topological polar surface area (TPSA) is 78.3 Å². The number of aliphatic hydroxyl groups is 1. The number of hydrogen-bond donors (Lipinski definition) is 2. The Morgan fingerprint density at radius 2 is 2.27 bits per heavy atom. The number of aromatic amines is 1. The zero-order valence-corrected chi connectivity index (χ0v) is 15.1. The molecule has 1 aromatic heterocycles. The summed E-state index contributed by atoms with van der Waals surface area (Å²) in [6.07, 6.45) is 2.30. The standard InChI is InChI=1S/C13H19N3O3S3/c1-7-5-16(12(19)14-11(7)18)10-4-8(9(6-17)21-10)22-13(20)15(2)3/h5,8-10,17H,4,6H2,1-3H3,(H,14,18,19). The maximum atomic E-state index is 12.0. The molecule has 1 aromatic rings. The Kier molecular flexibility index (Phi) is 5.76. The van der Waals surface area contributed by atoms with Gasteiger partial charge in [0, 0.05) is 36.4 Å². The van der Waals surface area contributed by atoms with Gasteiger partial charge in [0.2, 0.25) is 0 Å². The molecule has 22 heavy (non-hydrogen) atoms. The summed E-state index contributed by atoms with van der Waals surface area (Å²) in [5.74, 6) is 0. The Labute approximate surface area is 142 Å². The van der Waals surface area contributed by atoms with Gasteiger partial charge >= 0.3 is 5.69 Å².